The fourth-order valence-electron chi connectivity index (χ4n) is 8.91. The zero-order valence-corrected chi connectivity index (χ0v) is 35.1. The third-order valence-electron chi connectivity index (χ3n) is 12.6. The molecular weight excluding hydrogens is 792 g/mol. The Hall–Kier alpha value is -6.28. The molecule has 8 rings (SSSR count). The van der Waals surface area contributed by atoms with Crippen LogP contribution >= 0.6 is 11.6 Å². The molecule has 1 aliphatic carbocycles. The van der Waals surface area contributed by atoms with Crippen LogP contribution in [0, 0.1) is 42.4 Å². The van der Waals surface area contributed by atoms with Gasteiger partial charge in [-0.25, -0.2) is 0 Å². The van der Waals surface area contributed by atoms with Crippen LogP contribution < -0.4 is 15.5 Å². The maximum absolute atomic E-state index is 13.9. The van der Waals surface area contributed by atoms with Crippen molar-refractivity contribution in [1.29, 1.82) is 5.26 Å². The molecule has 2 saturated heterocycles. The van der Waals surface area contributed by atoms with E-state index in [1.165, 1.54) is 0 Å². The number of nitrogens with one attached hydrogen (secondary N) is 2. The second-order valence-corrected chi connectivity index (χ2v) is 16.8. The summed E-state index contributed by atoms with van der Waals surface area (Å²) in [4.78, 5) is 70.5. The minimum Gasteiger partial charge on any atom is -0.368 e. The molecular formula is C47H47ClN8O5. The van der Waals surface area contributed by atoms with E-state index in [-0.39, 0.29) is 24.3 Å². The van der Waals surface area contributed by atoms with Crippen LogP contribution in [0.4, 0.5) is 5.69 Å². The predicted molar refractivity (Wildman–Crippen MR) is 230 cm³/mol. The van der Waals surface area contributed by atoms with Gasteiger partial charge in [0.1, 0.15) is 17.5 Å². The second kappa shape index (κ2) is 17.4. The van der Waals surface area contributed by atoms with Crippen LogP contribution in [0.3, 0.4) is 0 Å². The molecule has 1 atom stereocenters. The minimum absolute atomic E-state index is 0.0255. The molecule has 312 valence electrons. The first-order valence-electron chi connectivity index (χ1n) is 20.9. The summed E-state index contributed by atoms with van der Waals surface area (Å²) in [5.74, 6) is 4.66. The van der Waals surface area contributed by atoms with E-state index in [9.17, 15) is 29.2 Å². The van der Waals surface area contributed by atoms with Gasteiger partial charge in [-0.2, -0.15) is 10.4 Å². The highest BCUT2D eigenvalue weighted by Gasteiger charge is 2.46. The summed E-state index contributed by atoms with van der Waals surface area (Å²) < 4.78 is 1.97. The molecule has 0 radical (unpaired) electrons. The Morgan fingerprint density at radius 3 is 2.43 bits per heavy atom. The number of benzene rings is 3. The van der Waals surface area contributed by atoms with E-state index in [0.717, 1.165) is 70.6 Å². The Kier molecular flexibility index (Phi) is 11.8. The first-order valence-corrected chi connectivity index (χ1v) is 21.3. The molecule has 61 heavy (non-hydrogen) atoms. The molecule has 5 amide bonds. The van der Waals surface area contributed by atoms with Crippen molar-refractivity contribution in [3.05, 3.63) is 105 Å². The lowest BCUT2D eigenvalue weighted by Gasteiger charge is -2.37. The van der Waals surface area contributed by atoms with Crippen LogP contribution in [-0.4, -0.2) is 94.4 Å². The third kappa shape index (κ3) is 8.28. The molecule has 3 aliphatic heterocycles. The molecule has 3 fully saturated rings. The number of piperidine rings is 1. The first kappa shape index (κ1) is 41.5. The zero-order chi connectivity index (χ0) is 42.8. The summed E-state index contributed by atoms with van der Waals surface area (Å²) in [6.07, 6.45) is 4.60. The number of halogens is 1. The number of carbonyl (C=O) groups is 5. The molecule has 13 nitrogen and oxygen atoms in total. The van der Waals surface area contributed by atoms with Crippen molar-refractivity contribution in [1.82, 2.24) is 30.2 Å². The van der Waals surface area contributed by atoms with E-state index in [0.29, 0.717) is 67.7 Å². The summed E-state index contributed by atoms with van der Waals surface area (Å²) in [6, 6.07) is 19.7. The number of imide groups is 2. The van der Waals surface area contributed by atoms with Crippen molar-refractivity contribution in [3.63, 3.8) is 0 Å². The third-order valence-corrected chi connectivity index (χ3v) is 12.9. The molecule has 0 bridgehead atoms. The number of nitriles is 1. The topological polar surface area (TPSA) is 161 Å². The number of anilines is 1. The summed E-state index contributed by atoms with van der Waals surface area (Å²) in [5, 5.41) is 20.0. The van der Waals surface area contributed by atoms with Gasteiger partial charge in [0.05, 0.1) is 39.6 Å². The summed E-state index contributed by atoms with van der Waals surface area (Å²) in [5.41, 5.74) is 6.62. The number of piperazine rings is 1. The normalized spacial score (nSPS) is 18.9. The van der Waals surface area contributed by atoms with E-state index in [4.69, 9.17) is 16.7 Å². The standard InChI is InChI=1S/C47H47ClN8O5/c1-30-31(2)55(52-42(30)34-13-14-35(28-49)37(48)27-34)29-33-11-9-32(10-12-33)17-20-47(18-4-3-5-19-47)46(61)50-21-22-53-23-25-54(26-24-53)38-8-6-7-36-41(38)45(60)56(44(36)59)39-15-16-40(57)51-43(39)58/h6-14,27,39H,3-5,15-16,18-19,21-26,29H2,1-2H3,(H,50,61)(H,51,57,58). The van der Waals surface area contributed by atoms with Gasteiger partial charge < -0.3 is 10.2 Å². The quantitative estimate of drug-likeness (QED) is 0.167. The SMILES string of the molecule is Cc1c(-c2ccc(C#N)c(Cl)c2)nn(Cc2ccc(C#CC3(C(=O)NCCN4CCN(c5cccc6c5C(=O)N(C5CCC(=O)NC5=O)C6=O)CC4)CCCCC3)cc2)c1C. The number of fused-ring (bicyclic) bond motifs is 1. The number of carbonyl (C=O) groups excluding carboxylic acids is 5. The van der Waals surface area contributed by atoms with Gasteiger partial charge in [0.25, 0.3) is 11.8 Å². The van der Waals surface area contributed by atoms with Crippen LogP contribution in [0.1, 0.15) is 93.6 Å². The fourth-order valence-corrected chi connectivity index (χ4v) is 9.13. The van der Waals surface area contributed by atoms with Crippen LogP contribution in [0.25, 0.3) is 11.3 Å². The van der Waals surface area contributed by atoms with Crippen molar-refractivity contribution in [2.24, 2.45) is 5.41 Å². The van der Waals surface area contributed by atoms with Gasteiger partial charge >= 0.3 is 0 Å². The predicted octanol–water partition coefficient (Wildman–Crippen LogP) is 5.38. The highest BCUT2D eigenvalue weighted by molar-refractivity contribution is 6.32. The van der Waals surface area contributed by atoms with Crippen LogP contribution in [0.15, 0.2) is 60.7 Å². The van der Waals surface area contributed by atoms with Crippen molar-refractivity contribution < 1.29 is 24.0 Å². The van der Waals surface area contributed by atoms with E-state index < -0.39 is 35.1 Å². The van der Waals surface area contributed by atoms with Crippen LogP contribution in [-0.2, 0) is 20.9 Å². The van der Waals surface area contributed by atoms with Crippen LogP contribution in [0.5, 0.6) is 0 Å². The minimum atomic E-state index is -1.01. The zero-order valence-electron chi connectivity index (χ0n) is 34.4. The van der Waals surface area contributed by atoms with E-state index >= 15 is 0 Å². The highest BCUT2D eigenvalue weighted by Crippen LogP contribution is 2.37. The molecule has 0 spiro atoms. The Labute approximate surface area is 360 Å². The van der Waals surface area contributed by atoms with Gasteiger partial charge in [0.15, 0.2) is 0 Å². The molecule has 14 heteroatoms. The number of rotatable bonds is 9. The molecule has 4 aliphatic rings. The molecule has 1 unspecified atom stereocenters. The van der Waals surface area contributed by atoms with Gasteiger partial charge in [0.2, 0.25) is 17.7 Å². The van der Waals surface area contributed by atoms with Crippen molar-refractivity contribution in [2.45, 2.75) is 71.4 Å². The van der Waals surface area contributed by atoms with Gasteiger partial charge in [0, 0.05) is 62.5 Å². The Balaban J connectivity index is 0.858. The summed E-state index contributed by atoms with van der Waals surface area (Å²) in [7, 11) is 0. The average Bonchev–Trinajstić information content (AvgIpc) is 3.70. The lowest BCUT2D eigenvalue weighted by molar-refractivity contribution is -0.136. The maximum Gasteiger partial charge on any atom is 0.264 e. The van der Waals surface area contributed by atoms with Gasteiger partial charge in [-0.1, -0.05) is 67.0 Å². The molecule has 2 N–H and O–H groups in total. The smallest absolute Gasteiger partial charge is 0.264 e. The van der Waals surface area contributed by atoms with Gasteiger partial charge in [-0.05, 0) is 80.6 Å². The Bertz CT molecular complexity index is 2530. The maximum atomic E-state index is 13.9. The van der Waals surface area contributed by atoms with Crippen molar-refractivity contribution in [2.75, 3.05) is 44.2 Å². The molecule has 4 heterocycles. The lowest BCUT2D eigenvalue weighted by atomic mass is 9.73. The van der Waals surface area contributed by atoms with Crippen LogP contribution in [0.2, 0.25) is 5.02 Å². The number of amides is 5. The van der Waals surface area contributed by atoms with Crippen molar-refractivity contribution >= 4 is 46.8 Å². The molecule has 1 saturated carbocycles. The Morgan fingerprint density at radius 1 is 0.967 bits per heavy atom. The summed E-state index contributed by atoms with van der Waals surface area (Å²) in [6.45, 7) is 8.44. The number of nitrogens with zero attached hydrogens (tertiary/aromatic N) is 6. The second-order valence-electron chi connectivity index (χ2n) is 16.3. The fraction of sp³-hybridized carbons (Fsp3) is 0.383. The first-order chi connectivity index (χ1) is 29.5. The summed E-state index contributed by atoms with van der Waals surface area (Å²) >= 11 is 6.32. The van der Waals surface area contributed by atoms with E-state index in [1.807, 2.05) is 54.9 Å². The number of hydrogen-bond donors (Lipinski definition) is 2. The lowest BCUT2D eigenvalue weighted by Crippen LogP contribution is -2.54. The van der Waals surface area contributed by atoms with Gasteiger partial charge in [-0.15, -0.1) is 0 Å². The van der Waals surface area contributed by atoms with E-state index in [1.54, 1.807) is 24.3 Å². The largest absolute Gasteiger partial charge is 0.368 e. The molecule has 4 aromatic rings. The molecule has 3 aromatic carbocycles. The highest BCUT2D eigenvalue weighted by atomic mass is 35.5. The molecule has 1 aromatic heterocycles. The average molecular weight is 839 g/mol. The van der Waals surface area contributed by atoms with Gasteiger partial charge in [-0.3, -0.25) is 43.8 Å². The number of aromatic nitrogens is 2. The Morgan fingerprint density at radius 2 is 1.72 bits per heavy atom. The monoisotopic (exact) mass is 838 g/mol. The van der Waals surface area contributed by atoms with Crippen molar-refractivity contribution in [3.8, 4) is 29.2 Å². The van der Waals surface area contributed by atoms with E-state index in [2.05, 4.69) is 38.3 Å². The number of hydrogen-bond acceptors (Lipinski definition) is 9.